The maximum absolute atomic E-state index is 12.3. The van der Waals surface area contributed by atoms with Crippen LogP contribution in [0.4, 0.5) is 0 Å². The van der Waals surface area contributed by atoms with E-state index in [9.17, 15) is 8.42 Å². The summed E-state index contributed by atoms with van der Waals surface area (Å²) in [7, 11) is -1.78. The molecule has 2 N–H and O–H groups in total. The van der Waals surface area contributed by atoms with Gasteiger partial charge in [0.05, 0.1) is 11.4 Å². The van der Waals surface area contributed by atoms with Crippen LogP contribution in [0, 0.1) is 6.92 Å². The van der Waals surface area contributed by atoms with Gasteiger partial charge in [0.25, 0.3) is 0 Å². The van der Waals surface area contributed by atoms with Gasteiger partial charge in [-0.3, -0.25) is 0 Å². The van der Waals surface area contributed by atoms with E-state index in [2.05, 4.69) is 20.2 Å². The van der Waals surface area contributed by atoms with Gasteiger partial charge in [0, 0.05) is 31.9 Å². The number of rotatable bonds is 7. The van der Waals surface area contributed by atoms with Gasteiger partial charge >= 0.3 is 0 Å². The lowest BCUT2D eigenvalue weighted by Crippen LogP contribution is -2.23. The normalized spacial score (nSPS) is 12.0. The van der Waals surface area contributed by atoms with Crippen molar-refractivity contribution >= 4 is 10.0 Å². The Hall–Kier alpha value is -1.71. The van der Waals surface area contributed by atoms with Crippen LogP contribution in [0.1, 0.15) is 24.3 Å². The maximum Gasteiger partial charge on any atom is 0.242 e. The first-order valence-corrected chi connectivity index (χ1v) is 8.07. The Morgan fingerprint density at radius 1 is 1.38 bits per heavy atom. The lowest BCUT2D eigenvalue weighted by Gasteiger charge is -2.03. The van der Waals surface area contributed by atoms with E-state index in [0.717, 1.165) is 5.69 Å². The van der Waals surface area contributed by atoms with Gasteiger partial charge in [-0.1, -0.05) is 5.16 Å². The Morgan fingerprint density at radius 2 is 2.14 bits per heavy atom. The first-order chi connectivity index (χ1) is 9.96. The summed E-state index contributed by atoms with van der Waals surface area (Å²) in [5.74, 6) is 0.707. The molecule has 0 aliphatic carbocycles. The Morgan fingerprint density at radius 3 is 2.71 bits per heavy atom. The van der Waals surface area contributed by atoms with Crippen LogP contribution in [0.15, 0.2) is 21.7 Å². The Kier molecular flexibility index (Phi) is 4.76. The van der Waals surface area contributed by atoms with Gasteiger partial charge in [-0.15, -0.1) is 0 Å². The number of aromatic nitrogens is 3. The molecule has 2 aromatic rings. The van der Waals surface area contributed by atoms with Crippen molar-refractivity contribution in [2.75, 3.05) is 7.05 Å². The largest absolute Gasteiger partial charge is 0.349 e. The molecule has 0 radical (unpaired) electrons. The first kappa shape index (κ1) is 15.7. The van der Waals surface area contributed by atoms with Gasteiger partial charge in [-0.2, -0.15) is 4.98 Å². The molecule has 2 aromatic heterocycles. The third-order valence-corrected chi connectivity index (χ3v) is 4.33. The fourth-order valence-electron chi connectivity index (χ4n) is 1.95. The molecule has 0 amide bonds. The molecule has 116 valence electrons. The minimum absolute atomic E-state index is 0.00165. The van der Waals surface area contributed by atoms with Crippen LogP contribution in [0.2, 0.25) is 0 Å². The van der Waals surface area contributed by atoms with Crippen LogP contribution < -0.4 is 10.0 Å². The molecule has 2 heterocycles. The molecule has 0 aliphatic rings. The molecule has 0 atom stereocenters. The number of aryl methyl sites for hydroxylation is 2. The average Bonchev–Trinajstić information content (AvgIpc) is 3.04. The van der Waals surface area contributed by atoms with E-state index in [1.807, 2.05) is 18.5 Å². The van der Waals surface area contributed by atoms with Crippen molar-refractivity contribution in [2.24, 2.45) is 0 Å². The van der Waals surface area contributed by atoms with Crippen molar-refractivity contribution in [3.63, 3.8) is 0 Å². The Labute approximate surface area is 123 Å². The van der Waals surface area contributed by atoms with Crippen molar-refractivity contribution in [1.29, 1.82) is 0 Å². The second kappa shape index (κ2) is 6.37. The first-order valence-electron chi connectivity index (χ1n) is 6.58. The Balaban J connectivity index is 2.15. The standard InChI is InChI=1S/C12H19N5O3S/c1-4-17-8-11(5-10(17)6-13-3)21(18,19)14-7-12-15-9(2)20-16-12/h5,8,13-14H,4,6-7H2,1-3H3. The van der Waals surface area contributed by atoms with E-state index in [1.54, 1.807) is 19.2 Å². The van der Waals surface area contributed by atoms with Crippen molar-refractivity contribution < 1.29 is 12.9 Å². The number of hydrogen-bond acceptors (Lipinski definition) is 6. The minimum atomic E-state index is -3.60. The molecule has 2 rings (SSSR count). The molecule has 0 unspecified atom stereocenters. The summed E-state index contributed by atoms with van der Waals surface area (Å²) in [5, 5.41) is 6.67. The third kappa shape index (κ3) is 3.69. The molecule has 0 saturated carbocycles. The lowest BCUT2D eigenvalue weighted by molar-refractivity contribution is 0.387. The fourth-order valence-corrected chi connectivity index (χ4v) is 2.99. The van der Waals surface area contributed by atoms with Gasteiger partial charge in [0.15, 0.2) is 5.82 Å². The zero-order chi connectivity index (χ0) is 15.5. The van der Waals surface area contributed by atoms with Crippen molar-refractivity contribution in [2.45, 2.75) is 38.4 Å². The molecule has 0 fully saturated rings. The summed E-state index contributed by atoms with van der Waals surface area (Å²) >= 11 is 0. The lowest BCUT2D eigenvalue weighted by atomic mass is 10.4. The molecule has 9 heteroatoms. The molecule has 0 aromatic carbocycles. The van der Waals surface area contributed by atoms with Gasteiger partial charge in [0.2, 0.25) is 15.9 Å². The van der Waals surface area contributed by atoms with E-state index >= 15 is 0 Å². The quantitative estimate of drug-likeness (QED) is 0.767. The van der Waals surface area contributed by atoms with Crippen LogP contribution in [0.25, 0.3) is 0 Å². The van der Waals surface area contributed by atoms with Gasteiger partial charge < -0.3 is 14.4 Å². The smallest absolute Gasteiger partial charge is 0.242 e. The van der Waals surface area contributed by atoms with E-state index in [-0.39, 0.29) is 11.4 Å². The zero-order valence-electron chi connectivity index (χ0n) is 12.3. The van der Waals surface area contributed by atoms with Crippen molar-refractivity contribution in [3.8, 4) is 0 Å². The summed E-state index contributed by atoms with van der Waals surface area (Å²) in [6, 6.07) is 1.66. The topological polar surface area (TPSA) is 102 Å². The molecular weight excluding hydrogens is 294 g/mol. The predicted molar refractivity (Wildman–Crippen MR) is 75.9 cm³/mol. The molecule has 8 nitrogen and oxygen atoms in total. The third-order valence-electron chi connectivity index (χ3n) is 2.96. The van der Waals surface area contributed by atoms with Crippen LogP contribution in [0.5, 0.6) is 0 Å². The molecule has 0 aliphatic heterocycles. The fraction of sp³-hybridized carbons (Fsp3) is 0.500. The van der Waals surface area contributed by atoms with E-state index in [4.69, 9.17) is 4.52 Å². The maximum atomic E-state index is 12.3. The number of nitrogens with one attached hydrogen (secondary N) is 2. The summed E-state index contributed by atoms with van der Waals surface area (Å²) in [5.41, 5.74) is 0.913. The average molecular weight is 313 g/mol. The monoisotopic (exact) mass is 313 g/mol. The highest BCUT2D eigenvalue weighted by Crippen LogP contribution is 2.15. The summed E-state index contributed by atoms with van der Waals surface area (Å²) in [6.45, 7) is 4.92. The SMILES string of the molecule is CCn1cc(S(=O)(=O)NCc2noc(C)n2)cc1CNC. The predicted octanol–water partition coefficient (Wildman–Crippen LogP) is 0.397. The number of nitrogens with zero attached hydrogens (tertiary/aromatic N) is 3. The number of hydrogen-bond donors (Lipinski definition) is 2. The van der Waals surface area contributed by atoms with Gasteiger partial charge in [0.1, 0.15) is 0 Å². The minimum Gasteiger partial charge on any atom is -0.349 e. The van der Waals surface area contributed by atoms with E-state index in [0.29, 0.717) is 24.8 Å². The second-order valence-electron chi connectivity index (χ2n) is 4.54. The van der Waals surface area contributed by atoms with Crippen LogP contribution in [0.3, 0.4) is 0 Å². The molecule has 0 saturated heterocycles. The zero-order valence-corrected chi connectivity index (χ0v) is 13.1. The molecule has 0 bridgehead atoms. The Bertz CT molecular complexity index is 704. The summed E-state index contributed by atoms with van der Waals surface area (Å²) in [6.07, 6.45) is 1.62. The second-order valence-corrected chi connectivity index (χ2v) is 6.30. The highest BCUT2D eigenvalue weighted by molar-refractivity contribution is 7.89. The van der Waals surface area contributed by atoms with Gasteiger partial charge in [-0.25, -0.2) is 13.1 Å². The van der Waals surface area contributed by atoms with E-state index in [1.165, 1.54) is 0 Å². The molecule has 21 heavy (non-hydrogen) atoms. The highest BCUT2D eigenvalue weighted by Gasteiger charge is 2.18. The van der Waals surface area contributed by atoms with Crippen molar-refractivity contribution in [1.82, 2.24) is 24.7 Å². The van der Waals surface area contributed by atoms with Crippen LogP contribution >= 0.6 is 0 Å². The summed E-state index contributed by atoms with van der Waals surface area (Å²) < 4.78 is 33.7. The van der Waals surface area contributed by atoms with Crippen LogP contribution in [-0.4, -0.2) is 30.2 Å². The summed E-state index contributed by atoms with van der Waals surface area (Å²) in [4.78, 5) is 4.19. The van der Waals surface area contributed by atoms with Crippen LogP contribution in [-0.2, 0) is 29.7 Å². The van der Waals surface area contributed by atoms with E-state index < -0.39 is 10.0 Å². The van der Waals surface area contributed by atoms with Crippen molar-refractivity contribution in [3.05, 3.63) is 29.7 Å². The molecule has 0 spiro atoms. The molecular formula is C12H19N5O3S. The number of sulfonamides is 1. The van der Waals surface area contributed by atoms with Gasteiger partial charge in [-0.05, 0) is 20.0 Å². The highest BCUT2D eigenvalue weighted by atomic mass is 32.2.